The Bertz CT molecular complexity index is 361. The molecule has 2 aliphatic heterocycles. The number of piperidine rings is 1. The zero-order valence-electron chi connectivity index (χ0n) is 9.02. The molecule has 0 spiro atoms. The molecule has 0 aliphatic carbocycles. The highest BCUT2D eigenvalue weighted by molar-refractivity contribution is 5.59. The first-order valence-corrected chi connectivity index (χ1v) is 5.93. The van der Waals surface area contributed by atoms with Gasteiger partial charge in [0.15, 0.2) is 0 Å². The van der Waals surface area contributed by atoms with Gasteiger partial charge in [-0.2, -0.15) is 0 Å². The van der Waals surface area contributed by atoms with Gasteiger partial charge < -0.3 is 10.6 Å². The number of nitrogens with two attached hydrogens (primary N) is 1. The van der Waals surface area contributed by atoms with Gasteiger partial charge in [0.05, 0.1) is 0 Å². The molecule has 2 nitrogen and oxygen atoms in total. The predicted octanol–water partition coefficient (Wildman–Crippen LogP) is 1.79. The minimum absolute atomic E-state index is 0.701. The van der Waals surface area contributed by atoms with Gasteiger partial charge in [-0.1, -0.05) is 18.2 Å². The van der Waals surface area contributed by atoms with Crippen molar-refractivity contribution in [2.75, 3.05) is 18.0 Å². The smallest absolute Gasteiger partial charge is 0.0402 e. The monoisotopic (exact) mass is 202 g/mol. The largest absolute Gasteiger partial charge is 0.368 e. The molecule has 0 amide bonds. The fourth-order valence-electron chi connectivity index (χ4n) is 3.02. The van der Waals surface area contributed by atoms with E-state index in [-0.39, 0.29) is 0 Å². The van der Waals surface area contributed by atoms with E-state index in [4.69, 9.17) is 5.73 Å². The van der Waals surface area contributed by atoms with E-state index in [9.17, 15) is 0 Å². The zero-order chi connectivity index (χ0) is 10.3. The van der Waals surface area contributed by atoms with Crippen molar-refractivity contribution < 1.29 is 0 Å². The molecule has 80 valence electrons. The van der Waals surface area contributed by atoms with E-state index >= 15 is 0 Å². The summed E-state index contributed by atoms with van der Waals surface area (Å²) in [5.74, 6) is 0.701. The van der Waals surface area contributed by atoms with Gasteiger partial charge in [0.25, 0.3) is 0 Å². The Hall–Kier alpha value is -1.02. The Kier molecular flexibility index (Phi) is 2.17. The number of hydrogen-bond acceptors (Lipinski definition) is 2. The van der Waals surface area contributed by atoms with E-state index in [2.05, 4.69) is 29.2 Å². The van der Waals surface area contributed by atoms with Crippen LogP contribution in [0.5, 0.6) is 0 Å². The lowest BCUT2D eigenvalue weighted by molar-refractivity contribution is 0.372. The summed E-state index contributed by atoms with van der Waals surface area (Å²) in [6, 6.07) is 9.58. The van der Waals surface area contributed by atoms with Crippen molar-refractivity contribution in [3.05, 3.63) is 29.8 Å². The van der Waals surface area contributed by atoms with Crippen LogP contribution in [0.15, 0.2) is 24.3 Å². The van der Waals surface area contributed by atoms with Gasteiger partial charge in [-0.3, -0.25) is 0 Å². The molecule has 1 saturated heterocycles. The molecule has 1 aromatic carbocycles. The first kappa shape index (κ1) is 9.22. The molecule has 2 heterocycles. The molecule has 0 aromatic heterocycles. The Labute approximate surface area is 91.1 Å². The van der Waals surface area contributed by atoms with Gasteiger partial charge in [0.1, 0.15) is 0 Å². The maximum absolute atomic E-state index is 5.78. The second-order valence-electron chi connectivity index (χ2n) is 4.82. The van der Waals surface area contributed by atoms with E-state index in [0.29, 0.717) is 5.92 Å². The molecule has 2 atom stereocenters. The summed E-state index contributed by atoms with van der Waals surface area (Å²) in [5.41, 5.74) is 8.77. The summed E-state index contributed by atoms with van der Waals surface area (Å²) in [5, 5.41) is 0. The normalized spacial score (nSPS) is 28.7. The number of benzene rings is 1. The predicted molar refractivity (Wildman–Crippen MR) is 63.1 cm³/mol. The molecule has 0 saturated carbocycles. The van der Waals surface area contributed by atoms with Crippen LogP contribution in [0.25, 0.3) is 0 Å². The van der Waals surface area contributed by atoms with Crippen molar-refractivity contribution in [2.45, 2.75) is 25.3 Å². The summed E-state index contributed by atoms with van der Waals surface area (Å²) in [7, 11) is 0. The Morgan fingerprint density at radius 2 is 2.13 bits per heavy atom. The first-order valence-electron chi connectivity index (χ1n) is 5.93. The van der Waals surface area contributed by atoms with Crippen LogP contribution in [-0.2, 0) is 6.42 Å². The maximum atomic E-state index is 5.78. The molecule has 3 rings (SSSR count). The van der Waals surface area contributed by atoms with Gasteiger partial charge in [0, 0.05) is 18.3 Å². The summed E-state index contributed by atoms with van der Waals surface area (Å²) >= 11 is 0. The first-order chi connectivity index (χ1) is 7.38. The molecular weight excluding hydrogens is 184 g/mol. The van der Waals surface area contributed by atoms with Crippen molar-refractivity contribution in [1.82, 2.24) is 0 Å². The van der Waals surface area contributed by atoms with Gasteiger partial charge >= 0.3 is 0 Å². The summed E-state index contributed by atoms with van der Waals surface area (Å²) in [6.45, 7) is 2.00. The van der Waals surface area contributed by atoms with Crippen LogP contribution in [0.3, 0.4) is 0 Å². The molecule has 2 unspecified atom stereocenters. The highest BCUT2D eigenvalue weighted by Crippen LogP contribution is 2.37. The maximum Gasteiger partial charge on any atom is 0.0402 e. The van der Waals surface area contributed by atoms with E-state index in [1.807, 2.05) is 0 Å². The quantitative estimate of drug-likeness (QED) is 0.752. The van der Waals surface area contributed by atoms with Crippen molar-refractivity contribution >= 4 is 5.69 Å². The summed E-state index contributed by atoms with van der Waals surface area (Å²) in [6.07, 6.45) is 3.87. The number of hydrogen-bond donors (Lipinski definition) is 1. The second kappa shape index (κ2) is 3.53. The van der Waals surface area contributed by atoms with Crippen molar-refractivity contribution in [1.29, 1.82) is 0 Å². The van der Waals surface area contributed by atoms with Gasteiger partial charge in [0.2, 0.25) is 0 Å². The Morgan fingerprint density at radius 3 is 3.00 bits per heavy atom. The van der Waals surface area contributed by atoms with Crippen LogP contribution in [-0.4, -0.2) is 19.1 Å². The minimum Gasteiger partial charge on any atom is -0.368 e. The van der Waals surface area contributed by atoms with E-state index in [1.54, 1.807) is 0 Å². The molecule has 1 fully saturated rings. The number of para-hydroxylation sites is 1. The van der Waals surface area contributed by atoms with E-state index in [0.717, 1.165) is 19.1 Å². The van der Waals surface area contributed by atoms with Gasteiger partial charge in [-0.25, -0.2) is 0 Å². The zero-order valence-corrected chi connectivity index (χ0v) is 9.02. The molecule has 2 heteroatoms. The van der Waals surface area contributed by atoms with Gasteiger partial charge in [-0.15, -0.1) is 0 Å². The van der Waals surface area contributed by atoms with Crippen LogP contribution in [0.1, 0.15) is 18.4 Å². The van der Waals surface area contributed by atoms with Crippen LogP contribution in [0.4, 0.5) is 5.69 Å². The summed E-state index contributed by atoms with van der Waals surface area (Å²) < 4.78 is 0. The third-order valence-corrected chi connectivity index (χ3v) is 3.89. The van der Waals surface area contributed by atoms with Crippen LogP contribution in [0.2, 0.25) is 0 Å². The molecule has 1 aromatic rings. The van der Waals surface area contributed by atoms with Crippen LogP contribution >= 0.6 is 0 Å². The number of anilines is 1. The molecule has 2 N–H and O–H groups in total. The average Bonchev–Trinajstić information content (AvgIpc) is 2.66. The standard InChI is InChI=1S/C13H18N2/c14-8-10-5-6-12-7-11-3-1-2-4-13(11)15(12)9-10/h1-4,10,12H,5-9,14H2. The lowest BCUT2D eigenvalue weighted by Crippen LogP contribution is -2.43. The topological polar surface area (TPSA) is 29.3 Å². The number of rotatable bonds is 1. The Morgan fingerprint density at radius 1 is 1.27 bits per heavy atom. The number of nitrogens with zero attached hydrogens (tertiary/aromatic N) is 1. The van der Waals surface area contributed by atoms with Gasteiger partial charge in [-0.05, 0) is 43.4 Å². The van der Waals surface area contributed by atoms with Crippen molar-refractivity contribution in [2.24, 2.45) is 11.7 Å². The van der Waals surface area contributed by atoms with Crippen LogP contribution in [0, 0.1) is 5.92 Å². The van der Waals surface area contributed by atoms with Crippen molar-refractivity contribution in [3.8, 4) is 0 Å². The third kappa shape index (κ3) is 1.44. The molecular formula is C13H18N2. The van der Waals surface area contributed by atoms with Crippen molar-refractivity contribution in [3.63, 3.8) is 0 Å². The fraction of sp³-hybridized carbons (Fsp3) is 0.538. The number of fused-ring (bicyclic) bond motifs is 3. The highest BCUT2D eigenvalue weighted by Gasteiger charge is 2.33. The van der Waals surface area contributed by atoms with E-state index in [1.165, 1.54) is 30.5 Å². The SMILES string of the molecule is NCC1CCC2Cc3ccccc3N2C1. The molecule has 0 radical (unpaired) electrons. The lowest BCUT2D eigenvalue weighted by Gasteiger charge is -2.36. The molecule has 2 aliphatic rings. The third-order valence-electron chi connectivity index (χ3n) is 3.89. The lowest BCUT2D eigenvalue weighted by atomic mass is 9.93. The highest BCUT2D eigenvalue weighted by atomic mass is 15.2. The average molecular weight is 202 g/mol. The Balaban J connectivity index is 1.89. The van der Waals surface area contributed by atoms with E-state index < -0.39 is 0 Å². The van der Waals surface area contributed by atoms with Crippen LogP contribution < -0.4 is 10.6 Å². The molecule has 0 bridgehead atoms. The minimum atomic E-state index is 0.701. The fourth-order valence-corrected chi connectivity index (χ4v) is 3.02. The second-order valence-corrected chi connectivity index (χ2v) is 4.82. The molecule has 15 heavy (non-hydrogen) atoms. The summed E-state index contributed by atoms with van der Waals surface area (Å²) in [4.78, 5) is 2.58.